The second kappa shape index (κ2) is 650. The van der Waals surface area contributed by atoms with Gasteiger partial charge < -0.3 is 197 Å². The van der Waals surface area contributed by atoms with Gasteiger partial charge in [-0.1, -0.05) is 0 Å². The molecular formula is C36H60N12O16U20-16. The molecule has 0 unspecified atom stereocenters. The van der Waals surface area contributed by atoms with Crippen molar-refractivity contribution >= 4 is 73.0 Å². The van der Waals surface area contributed by atoms with Crippen LogP contribution >= 0.6 is 0 Å². The van der Waals surface area contributed by atoms with Crippen molar-refractivity contribution in [1.29, 1.82) is 0 Å². The largest absolute Gasteiger partial charge is 2.00 e. The second-order valence-electron chi connectivity index (χ2n) is 2.99. The Labute approximate surface area is 980 Å². The van der Waals surface area contributed by atoms with Gasteiger partial charge in [0.05, 0.1) is 0 Å². The van der Waals surface area contributed by atoms with E-state index < -0.39 is 0 Å². The summed E-state index contributed by atoms with van der Waals surface area (Å²) < 4.78 is 0. The third-order valence-corrected chi connectivity index (χ3v) is 0.775. The van der Waals surface area contributed by atoms with Crippen molar-refractivity contribution in [3.63, 3.8) is 0 Å². The Hall–Kier alpha value is 11.9. The van der Waals surface area contributed by atoms with Gasteiger partial charge in [-0.3, -0.25) is 0 Å². The molecule has 0 saturated heterocycles. The van der Waals surface area contributed by atoms with Crippen LogP contribution in [-0.2, 0) is 57.5 Å². The molecule has 0 fully saturated rings. The minimum absolute atomic E-state index is 0. The number of aliphatic hydroxyl groups is 4. The third kappa shape index (κ3) is 1420. The van der Waals surface area contributed by atoms with Crippen LogP contribution in [0.15, 0.2) is 59.9 Å². The maximum atomic E-state index is 8.82. The number of hydrogen-bond acceptors (Lipinski definition) is 28. The minimum Gasteiger partial charge on any atom is -0.569 e. The predicted molar refractivity (Wildman–Crippen MR) is 242 cm³/mol. The van der Waals surface area contributed by atoms with E-state index in [2.05, 4.69) is 173 Å². The zero-order valence-electron chi connectivity index (χ0n) is 47.4. The Morgan fingerprint density at radius 2 is 0.167 bits per heavy atom. The summed E-state index contributed by atoms with van der Waals surface area (Å²) in [7, 11) is 42.7. The van der Waals surface area contributed by atoms with Crippen LogP contribution < -0.4 is 0 Å². The number of hydrogen-bond donors (Lipinski definition) is 4. The van der Waals surface area contributed by atoms with E-state index in [0.717, 1.165) is 0 Å². The standard InChI is InChI=1S/12C2H2NO.4CH3O.8CH3.20U/c12*1-3-2-4;4*1-2;;;;;;;;;;;;;;;;;;;;;;;;;;;;/h12*1H2;4*2H,1H2;8*1H3;;;;;;;;;;;;;;;;;;;;/q24*-1;;;;;;;;;;;;;;;;;4*+2. The molecule has 0 aliphatic carbocycles. The zero-order valence-corrected chi connectivity index (χ0v) is 131. The molecule has 0 saturated carbocycles. The van der Waals surface area contributed by atoms with Crippen LogP contribution in [0.25, 0.3) is 0 Å². The fourth-order valence-electron chi connectivity index (χ4n) is 0. The summed E-state index contributed by atoms with van der Waals surface area (Å²) in [5, 5.41) is 27.0. The van der Waals surface area contributed by atoms with Crippen molar-refractivity contribution in [2.24, 2.45) is 59.9 Å². The number of rotatable bonds is 0. The molecule has 48 heteroatoms. The molecule has 84 heavy (non-hydrogen) atoms. The second-order valence-corrected chi connectivity index (χ2v) is 2.99. The monoisotopic (exact) mass is 5680 g/mol. The van der Waals surface area contributed by atoms with E-state index in [0.29, 0.717) is 0 Å². The van der Waals surface area contributed by atoms with Crippen molar-refractivity contribution in [2.45, 2.75) is 0 Å². The fraction of sp³-hybridized carbons (Fsp3) is 0. The quantitative estimate of drug-likeness (QED) is 0.131. The molecule has 28 nitrogen and oxygen atoms in total. The van der Waals surface area contributed by atoms with Crippen LogP contribution in [0.3, 0.4) is 0 Å². The maximum absolute atomic E-state index is 8.82. The van der Waals surface area contributed by atoms with E-state index in [1.165, 1.54) is 73.0 Å². The molecule has 0 amide bonds. The predicted octanol–water partition coefficient (Wildman–Crippen LogP) is 5.57. The van der Waals surface area contributed by atoms with E-state index in [9.17, 15) is 0 Å². The number of nitrogens with zero attached hydrogens (tertiary/aromatic N) is 12. The van der Waals surface area contributed by atoms with Crippen molar-refractivity contribution in [1.82, 2.24) is 0 Å². The molecule has 0 aliphatic heterocycles. The Morgan fingerprint density at radius 3 is 0.167 bits per heavy atom. The van der Waals surface area contributed by atoms with Crippen molar-refractivity contribution < 1.29 is 700 Å². The molecular weight excluding hydrogens is 5620 g/mol. The average molecular weight is 5680 g/mol. The van der Waals surface area contributed by atoms with Gasteiger partial charge in [0.25, 0.3) is 0 Å². The molecule has 0 aliphatic rings. The summed E-state index contributed by atoms with van der Waals surface area (Å²) in [6.45, 7) is 0. The molecule has 0 rings (SSSR count). The summed E-state index contributed by atoms with van der Waals surface area (Å²) in [5.74, 6) is 0. The van der Waals surface area contributed by atoms with Crippen LogP contribution in [-0.4, -0.2) is 93.4 Å². The molecule has 0 aromatic carbocycles. The molecule has 0 spiro atoms. The van der Waals surface area contributed by atoms with E-state index in [1.807, 2.05) is 0 Å². The number of aliphatic hydroxyl groups excluding tert-OH is 4. The van der Waals surface area contributed by atoms with E-state index in [-0.39, 0.29) is 682 Å². The Balaban J connectivity index is -0.00000000475. The van der Waals surface area contributed by atoms with Gasteiger partial charge >= 0.3 is 124 Å². The smallest absolute Gasteiger partial charge is 0.569 e. The van der Waals surface area contributed by atoms with Gasteiger partial charge in [0.15, 0.2) is 0 Å². The molecule has 0 atom stereocenters. The first-order chi connectivity index (χ1) is 27.0. The summed E-state index contributed by atoms with van der Waals surface area (Å²) >= 11 is 0. The van der Waals surface area contributed by atoms with Gasteiger partial charge in [-0.15, -0.1) is 0 Å². The topological polar surface area (TPSA) is 434 Å². The zero-order chi connectivity index (χ0) is 49.0. The average Bonchev–Trinajstić information content (AvgIpc) is 3.32. The van der Waals surface area contributed by atoms with Gasteiger partial charge in [0, 0.05) is 498 Å². The number of isocyanates is 12. The molecule has 0 heterocycles. The molecule has 0 radical (unpaired) electrons. The molecule has 0 bridgehead atoms. The first-order valence-corrected chi connectivity index (χ1v) is 10.2. The molecule has 456 valence electrons. The van der Waals surface area contributed by atoms with Crippen LogP contribution in [0.1, 0.15) is 0 Å². The van der Waals surface area contributed by atoms with Gasteiger partial charge in [-0.25, -0.2) is 28.4 Å². The van der Waals surface area contributed by atoms with E-state index >= 15 is 0 Å². The van der Waals surface area contributed by atoms with Crippen LogP contribution in [0.2, 0.25) is 0 Å². The van der Waals surface area contributed by atoms with Gasteiger partial charge in [-0.05, 0) is 73.0 Å². The number of carbonyl (C=O) groups excluding carboxylic acids is 12. The first kappa shape index (κ1) is 321. The number of aliphatic imine (C=N–C) groups is 12. The van der Waals surface area contributed by atoms with Gasteiger partial charge in [0.2, 0.25) is 0 Å². The van der Waals surface area contributed by atoms with Crippen molar-refractivity contribution in [3.05, 3.63) is 172 Å². The maximum Gasteiger partial charge on any atom is 2.00 e. The fourth-order valence-corrected chi connectivity index (χ4v) is 0. The summed E-state index contributed by atoms with van der Waals surface area (Å²) in [6.07, 6.45) is 14.3. The molecule has 0 aromatic heterocycles. The third-order valence-electron chi connectivity index (χ3n) is 0.775. The first-order valence-electron chi connectivity index (χ1n) is 10.2. The van der Waals surface area contributed by atoms with E-state index in [1.54, 1.807) is 0 Å². The Morgan fingerprint density at radius 1 is 0.155 bits per heavy atom. The van der Waals surface area contributed by atoms with E-state index in [4.69, 9.17) is 78.0 Å². The minimum atomic E-state index is 0. The van der Waals surface area contributed by atoms with Gasteiger partial charge in [-0.2, -0.15) is 84.6 Å². The van der Waals surface area contributed by atoms with Crippen LogP contribution in [0.4, 0.5) is 0 Å². The van der Waals surface area contributed by atoms with Crippen molar-refractivity contribution in [2.75, 3.05) is 0 Å². The van der Waals surface area contributed by atoms with Gasteiger partial charge in [0.1, 0.15) is 0 Å². The Kier molecular flexibility index (Phi) is 2480. The van der Waals surface area contributed by atoms with Crippen LogP contribution in [0, 0.1) is 795 Å². The normalized spacial score (nSPS) is 2.57. The Bertz CT molecular complexity index is 958. The summed E-state index contributed by atoms with van der Waals surface area (Å²) in [4.78, 5) is 138. The molecule has 4 N–H and O–H groups in total. The summed E-state index contributed by atoms with van der Waals surface area (Å²) in [5.41, 5.74) is 0. The SMILES string of the molecule is [CH2-]N=C=O.[CH2-]N=C=O.[CH2-]N=C=O.[CH2-]N=C=O.[CH2-]N=C=O.[CH2-]N=C=O.[CH2-]N=C=O.[CH2-]N=C=O.[CH2-]N=C=O.[CH2-]N=C=O.[CH2-]N=C=O.[CH2-]N=C=O.[CH2-]O.[CH2-]O.[CH2-]O.[CH2-]O.[CH3-].[CH3-].[CH3-].[CH3-].[CH3-].[CH3-].[CH3-].[CH3-].[U+2].[U+2].[U+2].[U+2].[U].[U].[U].[U].[U].[U].[U].[U].[U].[U].[U].[U].[U].[U].[U].[U]. The molecule has 0 aromatic rings. The summed E-state index contributed by atoms with van der Waals surface area (Å²) in [6, 6.07) is 0. The van der Waals surface area contributed by atoms with Crippen molar-refractivity contribution in [3.8, 4) is 0 Å². The van der Waals surface area contributed by atoms with Crippen LogP contribution in [0.5, 0.6) is 0 Å².